The van der Waals surface area contributed by atoms with Crippen LogP contribution in [0.3, 0.4) is 0 Å². The fraction of sp³-hybridized carbons (Fsp3) is 0.522. The molecule has 1 N–H and O–H groups in total. The molecule has 0 radical (unpaired) electrons. The van der Waals surface area contributed by atoms with Crippen LogP contribution in [0.2, 0.25) is 0 Å². The van der Waals surface area contributed by atoms with Crippen LogP contribution < -0.4 is 0 Å². The van der Waals surface area contributed by atoms with Gasteiger partial charge in [-0.3, -0.25) is 9.59 Å². The Labute approximate surface area is 171 Å². The van der Waals surface area contributed by atoms with E-state index in [-0.39, 0.29) is 18.2 Å². The molecule has 6 nitrogen and oxygen atoms in total. The number of carbonyl (C=O) groups excluding carboxylic acids is 1. The van der Waals surface area contributed by atoms with E-state index in [2.05, 4.69) is 32.0 Å². The first kappa shape index (κ1) is 19.7. The highest BCUT2D eigenvalue weighted by Gasteiger charge is 2.32. The maximum absolute atomic E-state index is 13.4. The first-order valence-corrected chi connectivity index (χ1v) is 10.6. The van der Waals surface area contributed by atoms with Crippen molar-refractivity contribution in [3.8, 4) is 5.69 Å². The molecule has 0 bridgehead atoms. The summed E-state index contributed by atoms with van der Waals surface area (Å²) >= 11 is 0. The number of carboxylic acids is 1. The van der Waals surface area contributed by atoms with Gasteiger partial charge in [0.05, 0.1) is 5.69 Å². The predicted octanol–water partition coefficient (Wildman–Crippen LogP) is 3.69. The van der Waals surface area contributed by atoms with Crippen LogP contribution in [0, 0.1) is 19.8 Å². The van der Waals surface area contributed by atoms with Crippen molar-refractivity contribution < 1.29 is 14.7 Å². The number of rotatable bonds is 5. The quantitative estimate of drug-likeness (QED) is 0.838. The van der Waals surface area contributed by atoms with Gasteiger partial charge in [0.25, 0.3) is 5.91 Å². The molecule has 0 saturated carbocycles. The predicted molar refractivity (Wildman–Crippen MR) is 111 cm³/mol. The third-order valence-electron chi connectivity index (χ3n) is 6.29. The van der Waals surface area contributed by atoms with E-state index >= 15 is 0 Å². The van der Waals surface area contributed by atoms with Gasteiger partial charge in [0.2, 0.25) is 0 Å². The summed E-state index contributed by atoms with van der Waals surface area (Å²) in [6, 6.07) is 6.33. The van der Waals surface area contributed by atoms with Crippen LogP contribution in [0.1, 0.15) is 65.0 Å². The lowest BCUT2D eigenvalue weighted by molar-refractivity contribution is -0.137. The van der Waals surface area contributed by atoms with E-state index in [4.69, 9.17) is 10.2 Å². The number of hydrogen-bond donors (Lipinski definition) is 1. The summed E-state index contributed by atoms with van der Waals surface area (Å²) in [5, 5.41) is 13.8. The Kier molecular flexibility index (Phi) is 5.43. The monoisotopic (exact) mass is 395 g/mol. The molecule has 6 heteroatoms. The van der Waals surface area contributed by atoms with E-state index in [0.717, 1.165) is 55.5 Å². The smallest absolute Gasteiger partial charge is 0.303 e. The van der Waals surface area contributed by atoms with E-state index in [9.17, 15) is 9.59 Å². The zero-order valence-electron chi connectivity index (χ0n) is 17.3. The minimum absolute atomic E-state index is 0.00619. The first-order valence-electron chi connectivity index (χ1n) is 10.6. The van der Waals surface area contributed by atoms with Gasteiger partial charge in [-0.2, -0.15) is 5.10 Å². The molecule has 29 heavy (non-hydrogen) atoms. The van der Waals surface area contributed by atoms with Gasteiger partial charge < -0.3 is 10.0 Å². The average molecular weight is 396 g/mol. The van der Waals surface area contributed by atoms with Crippen molar-refractivity contribution in [3.63, 3.8) is 0 Å². The number of hydrogen-bond acceptors (Lipinski definition) is 3. The van der Waals surface area contributed by atoms with Gasteiger partial charge in [-0.1, -0.05) is 17.7 Å². The lowest BCUT2D eigenvalue weighted by Crippen LogP contribution is -2.40. The maximum atomic E-state index is 13.4. The van der Waals surface area contributed by atoms with Crippen LogP contribution in [0.15, 0.2) is 18.2 Å². The number of carboxylic acid groups (broad SMARTS) is 1. The molecule has 1 aliphatic carbocycles. The van der Waals surface area contributed by atoms with Gasteiger partial charge >= 0.3 is 5.97 Å². The standard InChI is InChI=1S/C23H29N3O3/c1-15-8-10-19(16(2)13-15)26-20-7-3-6-18(20)22(24-26)23(29)25-12-4-5-17(14-25)9-11-21(27)28/h8,10,13,17H,3-7,9,11-12,14H2,1-2H3,(H,27,28). The van der Waals surface area contributed by atoms with Crippen LogP contribution in [0.5, 0.6) is 0 Å². The number of amides is 1. The third-order valence-corrected chi connectivity index (χ3v) is 6.29. The molecule has 1 fully saturated rings. The van der Waals surface area contributed by atoms with Crippen molar-refractivity contribution >= 4 is 11.9 Å². The number of carbonyl (C=O) groups is 2. The van der Waals surface area contributed by atoms with Crippen molar-refractivity contribution in [1.29, 1.82) is 0 Å². The molecule has 1 amide bonds. The Morgan fingerprint density at radius 1 is 1.21 bits per heavy atom. The Balaban J connectivity index is 1.60. The van der Waals surface area contributed by atoms with Gasteiger partial charge in [0.15, 0.2) is 5.69 Å². The highest BCUT2D eigenvalue weighted by molar-refractivity contribution is 5.94. The SMILES string of the molecule is Cc1ccc(-n2nc(C(=O)N3CCCC(CCC(=O)O)C3)c3c2CCC3)c(C)c1. The van der Waals surface area contributed by atoms with Crippen LogP contribution in [0.25, 0.3) is 5.69 Å². The van der Waals surface area contributed by atoms with Crippen molar-refractivity contribution in [3.05, 3.63) is 46.3 Å². The first-order chi connectivity index (χ1) is 13.9. The van der Waals surface area contributed by atoms with Crippen molar-refractivity contribution in [2.24, 2.45) is 5.92 Å². The van der Waals surface area contributed by atoms with Gasteiger partial charge in [-0.15, -0.1) is 0 Å². The van der Waals surface area contributed by atoms with Gasteiger partial charge in [-0.25, -0.2) is 4.68 Å². The van der Waals surface area contributed by atoms with E-state index in [1.165, 1.54) is 11.3 Å². The summed E-state index contributed by atoms with van der Waals surface area (Å²) in [5.41, 5.74) is 6.28. The summed E-state index contributed by atoms with van der Waals surface area (Å²) in [7, 11) is 0. The molecule has 1 atom stereocenters. The van der Waals surface area contributed by atoms with Gasteiger partial charge in [0.1, 0.15) is 0 Å². The second kappa shape index (κ2) is 8.01. The molecule has 2 aliphatic rings. The minimum atomic E-state index is -0.765. The molecular formula is C23H29N3O3. The Morgan fingerprint density at radius 3 is 2.79 bits per heavy atom. The maximum Gasteiger partial charge on any atom is 0.303 e. The third kappa shape index (κ3) is 3.93. The largest absolute Gasteiger partial charge is 0.481 e. The van der Waals surface area contributed by atoms with Crippen LogP contribution in [-0.4, -0.2) is 44.8 Å². The van der Waals surface area contributed by atoms with Gasteiger partial charge in [-0.05, 0) is 69.9 Å². The molecule has 1 saturated heterocycles. The van der Waals surface area contributed by atoms with E-state index in [1.54, 1.807) is 0 Å². The number of aromatic nitrogens is 2. The van der Waals surface area contributed by atoms with E-state index in [1.807, 2.05) is 9.58 Å². The molecule has 1 unspecified atom stereocenters. The zero-order valence-corrected chi connectivity index (χ0v) is 17.3. The number of fused-ring (bicyclic) bond motifs is 1. The number of likely N-dealkylation sites (tertiary alicyclic amines) is 1. The molecule has 0 spiro atoms. The minimum Gasteiger partial charge on any atom is -0.481 e. The molecule has 154 valence electrons. The van der Waals surface area contributed by atoms with Gasteiger partial charge in [0, 0.05) is 30.8 Å². The van der Waals surface area contributed by atoms with Crippen molar-refractivity contribution in [2.75, 3.05) is 13.1 Å². The lowest BCUT2D eigenvalue weighted by atomic mass is 9.93. The summed E-state index contributed by atoms with van der Waals surface area (Å²) in [6.07, 6.45) is 5.63. The molecular weight excluding hydrogens is 366 g/mol. The molecule has 1 aromatic heterocycles. The lowest BCUT2D eigenvalue weighted by Gasteiger charge is -2.32. The van der Waals surface area contributed by atoms with E-state index in [0.29, 0.717) is 18.7 Å². The highest BCUT2D eigenvalue weighted by Crippen LogP contribution is 2.31. The summed E-state index contributed by atoms with van der Waals surface area (Å²) in [5.74, 6) is -0.497. The van der Waals surface area contributed by atoms with E-state index < -0.39 is 5.97 Å². The number of benzene rings is 1. The normalized spacial score (nSPS) is 18.7. The molecule has 1 aliphatic heterocycles. The fourth-order valence-electron chi connectivity index (χ4n) is 4.81. The Bertz CT molecular complexity index is 947. The highest BCUT2D eigenvalue weighted by atomic mass is 16.4. The molecule has 4 rings (SSSR count). The van der Waals surface area contributed by atoms with Crippen molar-refractivity contribution in [2.45, 2.75) is 58.8 Å². The van der Waals surface area contributed by atoms with Crippen LogP contribution in [0.4, 0.5) is 0 Å². The number of nitrogens with zero attached hydrogens (tertiary/aromatic N) is 3. The average Bonchev–Trinajstić information content (AvgIpc) is 3.29. The summed E-state index contributed by atoms with van der Waals surface area (Å²) in [6.45, 7) is 5.53. The Hall–Kier alpha value is -2.63. The summed E-state index contributed by atoms with van der Waals surface area (Å²) < 4.78 is 1.98. The van der Waals surface area contributed by atoms with Crippen molar-refractivity contribution in [1.82, 2.24) is 14.7 Å². The topological polar surface area (TPSA) is 75.4 Å². The second-order valence-corrected chi connectivity index (χ2v) is 8.52. The molecule has 1 aromatic carbocycles. The van der Waals surface area contributed by atoms with Crippen LogP contribution in [-0.2, 0) is 17.6 Å². The molecule has 2 heterocycles. The number of aryl methyl sites for hydroxylation is 2. The second-order valence-electron chi connectivity index (χ2n) is 8.52. The van der Waals surface area contributed by atoms with Crippen LogP contribution >= 0.6 is 0 Å². The number of aliphatic carboxylic acids is 1. The zero-order chi connectivity index (χ0) is 20.5. The fourth-order valence-corrected chi connectivity index (χ4v) is 4.81. The molecule has 2 aromatic rings. The summed E-state index contributed by atoms with van der Waals surface area (Å²) in [4.78, 5) is 26.2. The number of piperidine rings is 1. The Morgan fingerprint density at radius 2 is 2.03 bits per heavy atom.